The van der Waals surface area contributed by atoms with Gasteiger partial charge in [-0.1, -0.05) is 121 Å². The maximum atomic E-state index is 5.39. The first-order valence-electron chi connectivity index (χ1n) is 21.0. The van der Waals surface area contributed by atoms with Gasteiger partial charge in [0.1, 0.15) is 0 Å². The Labute approximate surface area is 367 Å². The average molecular weight is 828 g/mol. The predicted molar refractivity (Wildman–Crippen MR) is 265 cm³/mol. The smallest absolute Gasteiger partial charge is 0.160 e. The molecule has 4 heterocycles. The molecule has 12 rings (SSSR count). The van der Waals surface area contributed by atoms with Crippen molar-refractivity contribution in [2.24, 2.45) is 0 Å². The van der Waals surface area contributed by atoms with Crippen LogP contribution in [0.3, 0.4) is 0 Å². The Hall–Kier alpha value is -7.31. The van der Waals surface area contributed by atoms with Gasteiger partial charge in [0, 0.05) is 69.4 Å². The fourth-order valence-electron chi connectivity index (χ4n) is 8.80. The normalized spacial score (nSPS) is 12.7. The van der Waals surface area contributed by atoms with Crippen molar-refractivity contribution in [3.05, 3.63) is 206 Å². The van der Waals surface area contributed by atoms with Gasteiger partial charge in [-0.15, -0.1) is 22.7 Å². The molecule has 5 heteroatoms. The fourth-order valence-corrected chi connectivity index (χ4v) is 11.0. The number of pyridine rings is 1. The van der Waals surface area contributed by atoms with E-state index in [2.05, 4.69) is 187 Å². The Kier molecular flexibility index (Phi) is 9.02. The number of rotatable bonds is 7. The zero-order chi connectivity index (χ0) is 41.0. The van der Waals surface area contributed by atoms with E-state index in [0.29, 0.717) is 5.82 Å². The van der Waals surface area contributed by atoms with Crippen molar-refractivity contribution in [2.75, 3.05) is 0 Å². The summed E-state index contributed by atoms with van der Waals surface area (Å²) in [6.07, 6.45) is 12.7. The third kappa shape index (κ3) is 6.72. The lowest BCUT2D eigenvalue weighted by Crippen LogP contribution is -1.97. The number of nitrogens with zero attached hydrogens (tertiary/aromatic N) is 3. The van der Waals surface area contributed by atoms with E-state index in [0.717, 1.165) is 63.2 Å². The largest absolute Gasteiger partial charge is 0.264 e. The van der Waals surface area contributed by atoms with Gasteiger partial charge >= 0.3 is 0 Å². The molecule has 4 aromatic heterocycles. The number of fused-ring (bicyclic) bond motifs is 6. The highest BCUT2D eigenvalue weighted by Gasteiger charge is 2.16. The molecule has 0 N–H and O–H groups in total. The molecule has 11 aromatic rings. The van der Waals surface area contributed by atoms with Gasteiger partial charge in [-0.3, -0.25) is 4.98 Å². The molecule has 3 nitrogen and oxygen atoms in total. The third-order valence-corrected chi connectivity index (χ3v) is 14.3. The Morgan fingerprint density at radius 3 is 1.53 bits per heavy atom. The van der Waals surface area contributed by atoms with Crippen molar-refractivity contribution in [3.8, 4) is 67.3 Å². The van der Waals surface area contributed by atoms with Gasteiger partial charge < -0.3 is 0 Å². The minimum atomic E-state index is 0.682. The van der Waals surface area contributed by atoms with Crippen molar-refractivity contribution >= 4 is 68.6 Å². The summed E-state index contributed by atoms with van der Waals surface area (Å²) in [7, 11) is 0. The SMILES string of the molecule is C1=CC(c2ccc(-c3cc(-c4cc(-c5ccc6sc7ccccc7c6c5)cc(-c5ccc6sc7ccccc7c6c5)c4)nc(-c4ccc(-c5cccnc5)cc4)n3)cc2)=CCC1. The molecule has 0 fully saturated rings. The second kappa shape index (κ2) is 15.3. The molecule has 62 heavy (non-hydrogen) atoms. The van der Waals surface area contributed by atoms with Crippen LogP contribution in [0.2, 0.25) is 0 Å². The summed E-state index contributed by atoms with van der Waals surface area (Å²) in [6, 6.07) is 61.8. The van der Waals surface area contributed by atoms with Crippen LogP contribution in [0.4, 0.5) is 0 Å². The summed E-state index contributed by atoms with van der Waals surface area (Å²) in [5.74, 6) is 0.682. The van der Waals surface area contributed by atoms with E-state index in [4.69, 9.17) is 9.97 Å². The van der Waals surface area contributed by atoms with Gasteiger partial charge in [0.15, 0.2) is 5.82 Å². The Morgan fingerprint density at radius 2 is 0.919 bits per heavy atom. The Balaban J connectivity index is 1.05. The highest BCUT2D eigenvalue weighted by Crippen LogP contribution is 2.41. The van der Waals surface area contributed by atoms with Crippen LogP contribution >= 0.6 is 22.7 Å². The van der Waals surface area contributed by atoms with E-state index in [1.54, 1.807) is 6.20 Å². The van der Waals surface area contributed by atoms with Crippen molar-refractivity contribution in [2.45, 2.75) is 12.8 Å². The van der Waals surface area contributed by atoms with Gasteiger partial charge in [-0.2, -0.15) is 0 Å². The first kappa shape index (κ1) is 36.5. The quantitative estimate of drug-likeness (QED) is 0.161. The standard InChI is InChI=1S/C57H37N3S2/c1-2-9-36(10-3-1)37-16-20-39(21-17-37)51-34-52(60-57(59-51)40-22-18-38(19-23-40)43-11-8-28-58-35-43)46-30-44(41-24-26-55-49(32-41)47-12-4-6-14-53(47)61-55)29-45(31-46)42-25-27-56-50(33-42)48-13-5-7-15-54(48)62-56/h2,4-35H,1,3H2. The van der Waals surface area contributed by atoms with Crippen LogP contribution in [0, 0.1) is 0 Å². The molecule has 7 aromatic carbocycles. The first-order valence-corrected chi connectivity index (χ1v) is 22.7. The maximum Gasteiger partial charge on any atom is 0.160 e. The van der Waals surface area contributed by atoms with Crippen LogP contribution < -0.4 is 0 Å². The summed E-state index contributed by atoms with van der Waals surface area (Å²) >= 11 is 3.70. The molecule has 0 saturated carbocycles. The molecule has 0 saturated heterocycles. The van der Waals surface area contributed by atoms with Crippen LogP contribution in [0.25, 0.3) is 113 Å². The van der Waals surface area contributed by atoms with Gasteiger partial charge in [0.25, 0.3) is 0 Å². The van der Waals surface area contributed by atoms with Crippen LogP contribution in [0.1, 0.15) is 18.4 Å². The highest BCUT2D eigenvalue weighted by molar-refractivity contribution is 7.26. The number of hydrogen-bond donors (Lipinski definition) is 0. The highest BCUT2D eigenvalue weighted by atomic mass is 32.1. The lowest BCUT2D eigenvalue weighted by Gasteiger charge is -2.14. The molecule has 1 aliphatic rings. The van der Waals surface area contributed by atoms with Gasteiger partial charge in [-0.05, 0) is 124 Å². The monoisotopic (exact) mass is 827 g/mol. The van der Waals surface area contributed by atoms with Crippen LogP contribution in [0.15, 0.2) is 200 Å². The summed E-state index contributed by atoms with van der Waals surface area (Å²) in [6.45, 7) is 0. The van der Waals surface area contributed by atoms with E-state index in [9.17, 15) is 0 Å². The molecule has 0 amide bonds. The van der Waals surface area contributed by atoms with Crippen LogP contribution in [-0.2, 0) is 0 Å². The molecule has 0 atom stereocenters. The topological polar surface area (TPSA) is 38.7 Å². The first-order chi connectivity index (χ1) is 30.7. The van der Waals surface area contributed by atoms with Crippen molar-refractivity contribution in [1.82, 2.24) is 15.0 Å². The Morgan fingerprint density at radius 1 is 0.371 bits per heavy atom. The fraction of sp³-hybridized carbons (Fsp3) is 0.0351. The molecule has 0 bridgehead atoms. The lowest BCUT2D eigenvalue weighted by molar-refractivity contribution is 1.04. The van der Waals surface area contributed by atoms with E-state index < -0.39 is 0 Å². The lowest BCUT2D eigenvalue weighted by atomic mass is 9.93. The van der Waals surface area contributed by atoms with Crippen molar-refractivity contribution in [3.63, 3.8) is 0 Å². The zero-order valence-corrected chi connectivity index (χ0v) is 35.3. The summed E-state index contributed by atoms with van der Waals surface area (Å²) in [5.41, 5.74) is 14.1. The third-order valence-electron chi connectivity index (χ3n) is 12.0. The van der Waals surface area contributed by atoms with Crippen molar-refractivity contribution < 1.29 is 0 Å². The second-order valence-electron chi connectivity index (χ2n) is 15.9. The second-order valence-corrected chi connectivity index (χ2v) is 18.1. The summed E-state index contributed by atoms with van der Waals surface area (Å²) in [4.78, 5) is 15.0. The Bertz CT molecular complexity index is 3430. The molecule has 0 aliphatic heterocycles. The molecular formula is C57H37N3S2. The number of hydrogen-bond acceptors (Lipinski definition) is 5. The summed E-state index contributed by atoms with van der Waals surface area (Å²) in [5, 5.41) is 5.15. The molecule has 0 radical (unpaired) electrons. The van der Waals surface area contributed by atoms with Gasteiger partial charge in [0.05, 0.1) is 11.4 Å². The number of allylic oxidation sites excluding steroid dienone is 4. The van der Waals surface area contributed by atoms with Gasteiger partial charge in [-0.25, -0.2) is 9.97 Å². The number of thiophene rings is 2. The molecule has 0 unspecified atom stereocenters. The molecule has 0 spiro atoms. The molecule has 292 valence electrons. The van der Waals surface area contributed by atoms with Gasteiger partial charge in [0.2, 0.25) is 0 Å². The van der Waals surface area contributed by atoms with E-state index >= 15 is 0 Å². The van der Waals surface area contributed by atoms with Crippen LogP contribution in [-0.4, -0.2) is 15.0 Å². The van der Waals surface area contributed by atoms with E-state index in [1.807, 2.05) is 34.9 Å². The number of aromatic nitrogens is 3. The zero-order valence-electron chi connectivity index (χ0n) is 33.6. The average Bonchev–Trinajstić information content (AvgIpc) is 3.92. The minimum absolute atomic E-state index is 0.682. The van der Waals surface area contributed by atoms with E-state index in [1.165, 1.54) is 62.6 Å². The molecule has 1 aliphatic carbocycles. The predicted octanol–water partition coefficient (Wildman–Crippen LogP) is 16.3. The van der Waals surface area contributed by atoms with E-state index in [-0.39, 0.29) is 0 Å². The minimum Gasteiger partial charge on any atom is -0.264 e. The number of benzene rings is 7. The molecular weight excluding hydrogens is 791 g/mol. The van der Waals surface area contributed by atoms with Crippen LogP contribution in [0.5, 0.6) is 0 Å². The maximum absolute atomic E-state index is 5.39. The summed E-state index contributed by atoms with van der Waals surface area (Å²) < 4.78 is 5.20. The van der Waals surface area contributed by atoms with Crippen molar-refractivity contribution in [1.29, 1.82) is 0 Å².